The first kappa shape index (κ1) is 16.9. The van der Waals surface area contributed by atoms with Crippen molar-refractivity contribution in [2.45, 2.75) is 19.4 Å². The fourth-order valence-electron chi connectivity index (χ4n) is 1.72. The lowest BCUT2D eigenvalue weighted by Gasteiger charge is -2.07. The Balaban J connectivity index is 2.23. The number of sulfone groups is 1. The van der Waals surface area contributed by atoms with Crippen molar-refractivity contribution in [3.05, 3.63) is 29.8 Å². The summed E-state index contributed by atoms with van der Waals surface area (Å²) < 4.78 is 33.7. The first-order valence-electron chi connectivity index (χ1n) is 6.68. The number of benzene rings is 1. The molecule has 0 heterocycles. The maximum absolute atomic E-state index is 11.7. The van der Waals surface area contributed by atoms with Gasteiger partial charge in [-0.1, -0.05) is 12.1 Å². The van der Waals surface area contributed by atoms with Gasteiger partial charge in [0, 0.05) is 20.3 Å². The zero-order chi connectivity index (χ0) is 14.8. The normalized spacial score (nSPS) is 11.5. The summed E-state index contributed by atoms with van der Waals surface area (Å²) in [4.78, 5) is 0. The van der Waals surface area contributed by atoms with Crippen LogP contribution in [0.5, 0.6) is 5.75 Å². The van der Waals surface area contributed by atoms with Crippen LogP contribution in [0.4, 0.5) is 0 Å². The Labute approximate surface area is 121 Å². The third kappa shape index (κ3) is 6.88. The standard InChI is InChI=1S/C14H23NO4S/c1-18-8-2-10-20(16,17)11-3-9-19-14-6-4-13(12-15)5-7-14/h4-7H,2-3,8-12,15H2,1H3. The molecule has 0 saturated carbocycles. The molecule has 114 valence electrons. The van der Waals surface area contributed by atoms with Crippen LogP contribution in [-0.2, 0) is 21.1 Å². The Morgan fingerprint density at radius 1 is 1.05 bits per heavy atom. The summed E-state index contributed by atoms with van der Waals surface area (Å²) in [5.41, 5.74) is 6.54. The average Bonchev–Trinajstić information content (AvgIpc) is 2.44. The van der Waals surface area contributed by atoms with E-state index in [2.05, 4.69) is 0 Å². The molecule has 0 aliphatic heterocycles. The van der Waals surface area contributed by atoms with E-state index in [4.69, 9.17) is 15.2 Å². The smallest absolute Gasteiger partial charge is 0.150 e. The highest BCUT2D eigenvalue weighted by molar-refractivity contribution is 7.91. The highest BCUT2D eigenvalue weighted by Gasteiger charge is 2.10. The number of hydrogen-bond acceptors (Lipinski definition) is 5. The number of nitrogens with two attached hydrogens (primary N) is 1. The van der Waals surface area contributed by atoms with Crippen molar-refractivity contribution in [1.29, 1.82) is 0 Å². The Morgan fingerprint density at radius 3 is 2.20 bits per heavy atom. The topological polar surface area (TPSA) is 78.6 Å². The highest BCUT2D eigenvalue weighted by Crippen LogP contribution is 2.12. The van der Waals surface area contributed by atoms with Crippen molar-refractivity contribution in [3.8, 4) is 5.75 Å². The second-order valence-corrected chi connectivity index (χ2v) is 6.85. The van der Waals surface area contributed by atoms with Crippen molar-refractivity contribution in [1.82, 2.24) is 0 Å². The molecule has 1 aromatic rings. The molecule has 0 fully saturated rings. The van der Waals surface area contributed by atoms with Crippen LogP contribution < -0.4 is 10.5 Å². The van der Waals surface area contributed by atoms with Crippen LogP contribution in [0, 0.1) is 0 Å². The van der Waals surface area contributed by atoms with E-state index in [-0.39, 0.29) is 11.5 Å². The van der Waals surface area contributed by atoms with Gasteiger partial charge in [-0.15, -0.1) is 0 Å². The van der Waals surface area contributed by atoms with Crippen LogP contribution in [-0.4, -0.2) is 40.2 Å². The van der Waals surface area contributed by atoms with Crippen LogP contribution in [0.25, 0.3) is 0 Å². The first-order valence-corrected chi connectivity index (χ1v) is 8.50. The van der Waals surface area contributed by atoms with Crippen LogP contribution >= 0.6 is 0 Å². The zero-order valence-corrected chi connectivity index (χ0v) is 12.7. The molecule has 0 aliphatic rings. The number of hydrogen-bond donors (Lipinski definition) is 1. The van der Waals surface area contributed by atoms with E-state index in [0.717, 1.165) is 11.3 Å². The van der Waals surface area contributed by atoms with E-state index in [0.29, 0.717) is 32.6 Å². The van der Waals surface area contributed by atoms with E-state index >= 15 is 0 Å². The van der Waals surface area contributed by atoms with Crippen LogP contribution in [0.2, 0.25) is 0 Å². The molecule has 0 aromatic heterocycles. The number of methoxy groups -OCH3 is 1. The number of ether oxygens (including phenoxy) is 2. The molecule has 0 bridgehead atoms. The van der Waals surface area contributed by atoms with Crippen molar-refractivity contribution < 1.29 is 17.9 Å². The summed E-state index contributed by atoms with van der Waals surface area (Å²) in [6.07, 6.45) is 1.04. The second kappa shape index (κ2) is 8.94. The van der Waals surface area contributed by atoms with E-state index in [1.165, 1.54) is 0 Å². The molecule has 0 unspecified atom stereocenters. The van der Waals surface area contributed by atoms with Crippen molar-refractivity contribution in [2.75, 3.05) is 31.8 Å². The van der Waals surface area contributed by atoms with Gasteiger partial charge in [-0.05, 0) is 30.5 Å². The van der Waals surface area contributed by atoms with Gasteiger partial charge in [-0.25, -0.2) is 8.42 Å². The SMILES string of the molecule is COCCCS(=O)(=O)CCCOc1ccc(CN)cc1. The third-order valence-electron chi connectivity index (χ3n) is 2.83. The Morgan fingerprint density at radius 2 is 1.65 bits per heavy atom. The van der Waals surface area contributed by atoms with Gasteiger partial charge in [-0.3, -0.25) is 0 Å². The molecule has 0 saturated heterocycles. The quantitative estimate of drug-likeness (QED) is 0.660. The molecular formula is C14H23NO4S. The average molecular weight is 301 g/mol. The molecule has 1 aromatic carbocycles. The maximum Gasteiger partial charge on any atom is 0.150 e. The first-order chi connectivity index (χ1) is 9.57. The lowest BCUT2D eigenvalue weighted by atomic mass is 10.2. The minimum Gasteiger partial charge on any atom is -0.494 e. The fourth-order valence-corrected chi connectivity index (χ4v) is 3.04. The summed E-state index contributed by atoms with van der Waals surface area (Å²) in [7, 11) is -1.43. The molecule has 0 amide bonds. The molecule has 0 atom stereocenters. The maximum atomic E-state index is 11.7. The molecule has 0 radical (unpaired) electrons. The van der Waals surface area contributed by atoms with Gasteiger partial charge in [0.1, 0.15) is 5.75 Å². The Kier molecular flexibility index (Phi) is 7.58. The predicted molar refractivity (Wildman–Crippen MR) is 79.6 cm³/mol. The van der Waals surface area contributed by atoms with Gasteiger partial charge < -0.3 is 15.2 Å². The fraction of sp³-hybridized carbons (Fsp3) is 0.571. The van der Waals surface area contributed by atoms with E-state index in [1.54, 1.807) is 7.11 Å². The molecular weight excluding hydrogens is 278 g/mol. The number of rotatable bonds is 10. The molecule has 6 heteroatoms. The van der Waals surface area contributed by atoms with Crippen LogP contribution in [0.3, 0.4) is 0 Å². The van der Waals surface area contributed by atoms with Gasteiger partial charge in [0.2, 0.25) is 0 Å². The summed E-state index contributed by atoms with van der Waals surface area (Å²) >= 11 is 0. The zero-order valence-electron chi connectivity index (χ0n) is 11.9. The molecule has 5 nitrogen and oxygen atoms in total. The highest BCUT2D eigenvalue weighted by atomic mass is 32.2. The Hall–Kier alpha value is -1.11. The van der Waals surface area contributed by atoms with Gasteiger partial charge in [0.25, 0.3) is 0 Å². The summed E-state index contributed by atoms with van der Waals surface area (Å²) in [5, 5.41) is 0. The lowest BCUT2D eigenvalue weighted by Crippen LogP contribution is -2.15. The van der Waals surface area contributed by atoms with Crippen molar-refractivity contribution in [3.63, 3.8) is 0 Å². The van der Waals surface area contributed by atoms with Crippen molar-refractivity contribution in [2.24, 2.45) is 5.73 Å². The molecule has 1 rings (SSSR count). The monoisotopic (exact) mass is 301 g/mol. The minimum atomic E-state index is -3.00. The van der Waals surface area contributed by atoms with Crippen LogP contribution in [0.15, 0.2) is 24.3 Å². The van der Waals surface area contributed by atoms with Crippen molar-refractivity contribution >= 4 is 9.84 Å². The minimum absolute atomic E-state index is 0.150. The molecule has 0 aliphatic carbocycles. The molecule has 2 N–H and O–H groups in total. The van der Waals surface area contributed by atoms with Crippen LogP contribution in [0.1, 0.15) is 18.4 Å². The third-order valence-corrected chi connectivity index (χ3v) is 4.65. The van der Waals surface area contributed by atoms with E-state index in [9.17, 15) is 8.42 Å². The molecule has 20 heavy (non-hydrogen) atoms. The van der Waals surface area contributed by atoms with Gasteiger partial charge in [0.15, 0.2) is 9.84 Å². The summed E-state index contributed by atoms with van der Waals surface area (Å²) in [6.45, 7) is 1.37. The predicted octanol–water partition coefficient (Wildman–Crippen LogP) is 1.37. The summed E-state index contributed by atoms with van der Waals surface area (Å²) in [6, 6.07) is 7.48. The second-order valence-electron chi connectivity index (χ2n) is 4.55. The van der Waals surface area contributed by atoms with Gasteiger partial charge in [-0.2, -0.15) is 0 Å². The Bertz CT molecular complexity index is 470. The lowest BCUT2D eigenvalue weighted by molar-refractivity contribution is 0.199. The van der Waals surface area contributed by atoms with E-state index < -0.39 is 9.84 Å². The summed E-state index contributed by atoms with van der Waals surface area (Å²) in [5.74, 6) is 1.06. The molecule has 0 spiro atoms. The van der Waals surface area contributed by atoms with Gasteiger partial charge in [0.05, 0.1) is 18.1 Å². The van der Waals surface area contributed by atoms with E-state index in [1.807, 2.05) is 24.3 Å². The van der Waals surface area contributed by atoms with Gasteiger partial charge >= 0.3 is 0 Å². The largest absolute Gasteiger partial charge is 0.494 e.